The average Bonchev–Trinajstić information content (AvgIpc) is 3.30. The Kier molecular flexibility index (Phi) is 7.30. The van der Waals surface area contributed by atoms with Crippen molar-refractivity contribution in [3.05, 3.63) is 52.9 Å². The second-order valence-corrected chi connectivity index (χ2v) is 10.00. The Morgan fingerprint density at radius 1 is 1.31 bits per heavy atom. The molecule has 0 radical (unpaired) electrons. The zero-order valence-corrected chi connectivity index (χ0v) is 20.4. The summed E-state index contributed by atoms with van der Waals surface area (Å²) in [6.45, 7) is 2.08. The SMILES string of the molecule is COCc1cc(Nc2nccc(C(F)(F)F)n2)cc(-c2cnc(C3(O)CCC(C(=O)O)C(C)C3)s2)c1. The monoisotopic (exact) mass is 522 g/mol. The molecule has 3 atom stereocenters. The van der Waals surface area contributed by atoms with Crippen LogP contribution in [0, 0.1) is 11.8 Å². The molecule has 1 aliphatic carbocycles. The number of anilines is 2. The van der Waals surface area contributed by atoms with Gasteiger partial charge in [0.15, 0.2) is 0 Å². The fourth-order valence-corrected chi connectivity index (χ4v) is 5.53. The lowest BCUT2D eigenvalue weighted by atomic mass is 9.72. The van der Waals surface area contributed by atoms with Crippen molar-refractivity contribution in [2.75, 3.05) is 12.4 Å². The van der Waals surface area contributed by atoms with Gasteiger partial charge in [0, 0.05) is 25.2 Å². The number of thiazole rings is 1. The van der Waals surface area contributed by atoms with Crippen molar-refractivity contribution in [3.8, 4) is 10.4 Å². The molecule has 0 aliphatic heterocycles. The van der Waals surface area contributed by atoms with Crippen LogP contribution in [0.3, 0.4) is 0 Å². The van der Waals surface area contributed by atoms with Crippen LogP contribution in [-0.2, 0) is 27.9 Å². The molecule has 192 valence electrons. The third-order valence-electron chi connectivity index (χ3n) is 6.23. The molecule has 2 aromatic heterocycles. The number of benzene rings is 1. The number of aliphatic carboxylic acids is 1. The molecule has 1 fully saturated rings. The van der Waals surface area contributed by atoms with Gasteiger partial charge in [0.1, 0.15) is 16.3 Å². The number of aliphatic hydroxyl groups is 1. The molecule has 36 heavy (non-hydrogen) atoms. The highest BCUT2D eigenvalue weighted by Gasteiger charge is 2.43. The van der Waals surface area contributed by atoms with Gasteiger partial charge < -0.3 is 20.3 Å². The molecule has 0 spiro atoms. The van der Waals surface area contributed by atoms with Crippen LogP contribution in [-0.4, -0.2) is 38.2 Å². The van der Waals surface area contributed by atoms with Gasteiger partial charge >= 0.3 is 12.1 Å². The third kappa shape index (κ3) is 5.66. The van der Waals surface area contributed by atoms with Gasteiger partial charge in [0.05, 0.1) is 17.4 Å². The zero-order valence-electron chi connectivity index (χ0n) is 19.5. The summed E-state index contributed by atoms with van der Waals surface area (Å²) < 4.78 is 44.4. The number of nitrogens with zero attached hydrogens (tertiary/aromatic N) is 3. The first-order chi connectivity index (χ1) is 17.0. The van der Waals surface area contributed by atoms with E-state index in [0.29, 0.717) is 30.0 Å². The number of hydrogen-bond donors (Lipinski definition) is 3. The fraction of sp³-hybridized carbons (Fsp3) is 0.417. The van der Waals surface area contributed by atoms with Crippen molar-refractivity contribution in [2.45, 2.75) is 44.6 Å². The average molecular weight is 523 g/mol. The number of ether oxygens (including phenoxy) is 1. The van der Waals surface area contributed by atoms with E-state index in [2.05, 4.69) is 20.3 Å². The minimum Gasteiger partial charge on any atom is -0.481 e. The number of halogens is 3. The lowest BCUT2D eigenvalue weighted by Gasteiger charge is -2.37. The van der Waals surface area contributed by atoms with Crippen LogP contribution < -0.4 is 5.32 Å². The Morgan fingerprint density at radius 2 is 2.08 bits per heavy atom. The van der Waals surface area contributed by atoms with E-state index < -0.39 is 29.4 Å². The van der Waals surface area contributed by atoms with Crippen LogP contribution in [0.25, 0.3) is 10.4 Å². The molecule has 1 aromatic carbocycles. The summed E-state index contributed by atoms with van der Waals surface area (Å²) in [5.41, 5.74) is -0.332. The molecule has 2 heterocycles. The van der Waals surface area contributed by atoms with Crippen molar-refractivity contribution in [1.82, 2.24) is 15.0 Å². The topological polar surface area (TPSA) is 117 Å². The number of hydrogen-bond acceptors (Lipinski definition) is 8. The fourth-order valence-electron chi connectivity index (χ4n) is 4.50. The Balaban J connectivity index is 1.62. The third-order valence-corrected chi connectivity index (χ3v) is 7.47. The van der Waals surface area contributed by atoms with E-state index in [9.17, 15) is 28.2 Å². The molecular formula is C24H25F3N4O4S. The smallest absolute Gasteiger partial charge is 0.433 e. The van der Waals surface area contributed by atoms with Crippen LogP contribution >= 0.6 is 11.3 Å². The van der Waals surface area contributed by atoms with Gasteiger partial charge in [-0.2, -0.15) is 13.2 Å². The first-order valence-corrected chi connectivity index (χ1v) is 12.0. The number of rotatable bonds is 7. The number of alkyl halides is 3. The maximum absolute atomic E-state index is 13.0. The van der Waals surface area contributed by atoms with Crippen LogP contribution in [0.5, 0.6) is 0 Å². The molecule has 8 nitrogen and oxygen atoms in total. The lowest BCUT2D eigenvalue weighted by Crippen LogP contribution is -2.38. The number of methoxy groups -OCH3 is 1. The van der Waals surface area contributed by atoms with Gasteiger partial charge in [-0.05, 0) is 60.6 Å². The largest absolute Gasteiger partial charge is 0.481 e. The van der Waals surface area contributed by atoms with Crippen LogP contribution in [0.2, 0.25) is 0 Å². The zero-order chi connectivity index (χ0) is 26.1. The minimum atomic E-state index is -4.59. The second-order valence-electron chi connectivity index (χ2n) is 8.97. The number of carboxylic acid groups (broad SMARTS) is 1. The summed E-state index contributed by atoms with van der Waals surface area (Å²) >= 11 is 1.29. The van der Waals surface area contributed by atoms with E-state index >= 15 is 0 Å². The summed E-state index contributed by atoms with van der Waals surface area (Å²) in [5, 5.41) is 24.0. The lowest BCUT2D eigenvalue weighted by molar-refractivity contribution is -0.148. The Hall–Kier alpha value is -3.09. The number of aromatic nitrogens is 3. The number of nitrogens with one attached hydrogen (secondary N) is 1. The molecule has 1 saturated carbocycles. The molecule has 3 aromatic rings. The maximum atomic E-state index is 13.0. The van der Waals surface area contributed by atoms with E-state index in [1.54, 1.807) is 18.3 Å². The van der Waals surface area contributed by atoms with Gasteiger partial charge in [-0.1, -0.05) is 6.92 Å². The summed E-state index contributed by atoms with van der Waals surface area (Å²) in [4.78, 5) is 24.1. The normalized spacial score (nSPS) is 22.4. The predicted octanol–water partition coefficient (Wildman–Crippen LogP) is 5.22. The Morgan fingerprint density at radius 3 is 2.75 bits per heavy atom. The highest BCUT2D eigenvalue weighted by Crippen LogP contribution is 2.45. The number of carboxylic acids is 1. The molecule has 0 saturated heterocycles. The van der Waals surface area contributed by atoms with Gasteiger partial charge in [0.2, 0.25) is 5.95 Å². The van der Waals surface area contributed by atoms with E-state index in [1.807, 2.05) is 13.0 Å². The summed E-state index contributed by atoms with van der Waals surface area (Å²) in [6, 6.07) is 6.12. The molecular weight excluding hydrogens is 497 g/mol. The number of carbonyl (C=O) groups is 1. The second kappa shape index (κ2) is 10.1. The van der Waals surface area contributed by atoms with Crippen LogP contribution in [0.1, 0.15) is 42.5 Å². The highest BCUT2D eigenvalue weighted by atomic mass is 32.1. The van der Waals surface area contributed by atoms with Crippen LogP contribution in [0.15, 0.2) is 36.7 Å². The van der Waals surface area contributed by atoms with Crippen molar-refractivity contribution >= 4 is 28.9 Å². The molecule has 1 aliphatic rings. The quantitative estimate of drug-likeness (QED) is 0.387. The van der Waals surface area contributed by atoms with E-state index in [4.69, 9.17) is 4.74 Å². The summed E-state index contributed by atoms with van der Waals surface area (Å²) in [6.07, 6.45) is -0.985. The first kappa shape index (κ1) is 26.0. The standard InChI is InChI=1S/C24H25F3N4O4S/c1-13-10-23(34,5-3-17(13)20(32)33)21-29-11-18(36-21)15-7-14(12-35-2)8-16(9-15)30-22-28-6-4-19(31-22)24(25,26)27/h4,6-9,11,13,17,34H,3,5,10,12H2,1-2H3,(H,32,33)(H,28,30,31). The molecule has 0 amide bonds. The van der Waals surface area contributed by atoms with Crippen LogP contribution in [0.4, 0.5) is 24.8 Å². The molecule has 12 heteroatoms. The first-order valence-electron chi connectivity index (χ1n) is 11.2. The molecule has 0 bridgehead atoms. The van der Waals surface area contributed by atoms with Gasteiger partial charge in [-0.15, -0.1) is 11.3 Å². The van der Waals surface area contributed by atoms with Crippen molar-refractivity contribution in [2.24, 2.45) is 11.8 Å². The summed E-state index contributed by atoms with van der Waals surface area (Å²) in [7, 11) is 1.53. The predicted molar refractivity (Wildman–Crippen MR) is 127 cm³/mol. The van der Waals surface area contributed by atoms with Gasteiger partial charge in [-0.3, -0.25) is 4.79 Å². The Labute approximate surface area is 209 Å². The minimum absolute atomic E-state index is 0.200. The van der Waals surface area contributed by atoms with E-state index in [1.165, 1.54) is 18.4 Å². The van der Waals surface area contributed by atoms with E-state index in [-0.39, 0.29) is 18.5 Å². The molecule has 3 N–H and O–H groups in total. The molecule has 3 unspecified atom stereocenters. The van der Waals surface area contributed by atoms with E-state index in [0.717, 1.165) is 28.3 Å². The van der Waals surface area contributed by atoms with Crippen molar-refractivity contribution < 1.29 is 32.9 Å². The highest BCUT2D eigenvalue weighted by molar-refractivity contribution is 7.15. The van der Waals surface area contributed by atoms with Crippen molar-refractivity contribution in [3.63, 3.8) is 0 Å². The van der Waals surface area contributed by atoms with Gasteiger partial charge in [-0.25, -0.2) is 15.0 Å². The van der Waals surface area contributed by atoms with Crippen molar-refractivity contribution in [1.29, 1.82) is 0 Å². The maximum Gasteiger partial charge on any atom is 0.433 e. The van der Waals surface area contributed by atoms with Gasteiger partial charge in [0.25, 0.3) is 0 Å². The molecule has 4 rings (SSSR count). The Bertz CT molecular complexity index is 1250. The summed E-state index contributed by atoms with van der Waals surface area (Å²) in [5.74, 6) is -1.76.